The normalized spacial score (nSPS) is 21.4. The van der Waals surface area contributed by atoms with Gasteiger partial charge in [-0.15, -0.1) is 0 Å². The van der Waals surface area contributed by atoms with Crippen LogP contribution in [-0.4, -0.2) is 61.8 Å². The van der Waals surface area contributed by atoms with Crippen LogP contribution in [0, 0.1) is 12.8 Å². The minimum Gasteiger partial charge on any atom is -0.459 e. The van der Waals surface area contributed by atoms with Crippen LogP contribution in [0.5, 0.6) is 0 Å². The number of hydrogen-bond donors (Lipinski definition) is 1. The fourth-order valence-corrected chi connectivity index (χ4v) is 3.89. The average Bonchev–Trinajstić information content (AvgIpc) is 3.29. The fraction of sp³-hybridized carbons (Fsp3) is 0.550. The molecule has 2 aliphatic heterocycles. The minimum atomic E-state index is -0.00583. The number of aryl methyl sites for hydroxylation is 1. The summed E-state index contributed by atoms with van der Waals surface area (Å²) in [4.78, 5) is 16.8. The maximum absolute atomic E-state index is 12.5. The molecule has 26 heavy (non-hydrogen) atoms. The number of piperazine rings is 1. The Hall–Kier alpha value is -2.05. The number of ether oxygens (including phenoxy) is 1. The Morgan fingerprint density at radius 1 is 1.23 bits per heavy atom. The lowest BCUT2D eigenvalue weighted by Gasteiger charge is -2.35. The van der Waals surface area contributed by atoms with Crippen molar-refractivity contribution < 1.29 is 13.9 Å². The molecule has 1 aromatic carbocycles. The summed E-state index contributed by atoms with van der Waals surface area (Å²) in [6.07, 6.45) is 1.16. The molecule has 2 aromatic rings. The third-order valence-corrected chi connectivity index (χ3v) is 5.54. The highest BCUT2D eigenvalue weighted by molar-refractivity contribution is 5.82. The van der Waals surface area contributed by atoms with E-state index in [1.54, 1.807) is 0 Å². The van der Waals surface area contributed by atoms with Gasteiger partial charge in [-0.2, -0.15) is 0 Å². The van der Waals surface area contributed by atoms with E-state index in [-0.39, 0.29) is 6.03 Å². The van der Waals surface area contributed by atoms with E-state index in [1.165, 1.54) is 0 Å². The molecule has 4 rings (SSSR count). The molecular weight excluding hydrogens is 330 g/mol. The second kappa shape index (κ2) is 7.68. The molecule has 1 unspecified atom stereocenters. The molecule has 2 fully saturated rings. The largest absolute Gasteiger partial charge is 0.459 e. The van der Waals surface area contributed by atoms with E-state index < -0.39 is 0 Å². The topological polar surface area (TPSA) is 58.0 Å². The Balaban J connectivity index is 1.26. The zero-order valence-electron chi connectivity index (χ0n) is 15.4. The van der Waals surface area contributed by atoms with Gasteiger partial charge in [0.1, 0.15) is 11.3 Å². The highest BCUT2D eigenvalue weighted by Gasteiger charge is 2.25. The molecule has 0 spiro atoms. The van der Waals surface area contributed by atoms with Gasteiger partial charge in [0.2, 0.25) is 0 Å². The third-order valence-electron chi connectivity index (χ3n) is 5.54. The van der Waals surface area contributed by atoms with Crippen molar-refractivity contribution in [2.24, 2.45) is 5.92 Å². The average molecular weight is 357 g/mol. The molecule has 0 radical (unpaired) electrons. The standard InChI is InChI=1S/C20H27N3O3/c1-15-17-4-2-3-5-18(17)26-19(15)12-21-20(24)23-9-7-22(8-10-23)13-16-6-11-25-14-16/h2-5,16H,6-14H2,1H3,(H,21,24). The molecule has 1 aromatic heterocycles. The van der Waals surface area contributed by atoms with Gasteiger partial charge in [0.05, 0.1) is 13.2 Å². The van der Waals surface area contributed by atoms with Gasteiger partial charge in [0, 0.05) is 50.3 Å². The molecule has 0 saturated carbocycles. The number of urea groups is 1. The molecule has 140 valence electrons. The summed E-state index contributed by atoms with van der Waals surface area (Å²) in [5.41, 5.74) is 1.98. The first-order chi connectivity index (χ1) is 12.7. The number of benzene rings is 1. The first-order valence-electron chi connectivity index (χ1n) is 9.50. The molecule has 0 aliphatic carbocycles. The quantitative estimate of drug-likeness (QED) is 0.914. The van der Waals surface area contributed by atoms with Gasteiger partial charge < -0.3 is 19.4 Å². The molecule has 1 N–H and O–H groups in total. The van der Waals surface area contributed by atoms with Gasteiger partial charge >= 0.3 is 6.03 Å². The number of nitrogens with zero attached hydrogens (tertiary/aromatic N) is 2. The first-order valence-corrected chi connectivity index (χ1v) is 9.50. The first kappa shape index (κ1) is 17.4. The maximum Gasteiger partial charge on any atom is 0.317 e. The number of rotatable bonds is 4. The zero-order valence-corrected chi connectivity index (χ0v) is 15.4. The summed E-state index contributed by atoms with van der Waals surface area (Å²) >= 11 is 0. The smallest absolute Gasteiger partial charge is 0.317 e. The lowest BCUT2D eigenvalue weighted by molar-refractivity contribution is 0.119. The van der Waals surface area contributed by atoms with Crippen molar-refractivity contribution in [2.75, 3.05) is 45.9 Å². The molecule has 2 saturated heterocycles. The number of furan rings is 1. The van der Waals surface area contributed by atoms with Gasteiger partial charge in [-0.05, 0) is 25.3 Å². The molecule has 2 aliphatic rings. The van der Waals surface area contributed by atoms with Crippen LogP contribution < -0.4 is 5.32 Å². The van der Waals surface area contributed by atoms with Crippen LogP contribution >= 0.6 is 0 Å². The van der Waals surface area contributed by atoms with Crippen LogP contribution in [0.1, 0.15) is 17.7 Å². The van der Waals surface area contributed by atoms with Gasteiger partial charge in [0.25, 0.3) is 0 Å². The fourth-order valence-electron chi connectivity index (χ4n) is 3.89. The van der Waals surface area contributed by atoms with Gasteiger partial charge in [0.15, 0.2) is 0 Å². The van der Waals surface area contributed by atoms with Crippen LogP contribution in [0.15, 0.2) is 28.7 Å². The highest BCUT2D eigenvalue weighted by Crippen LogP contribution is 2.24. The van der Waals surface area contributed by atoms with Crippen LogP contribution in [0.2, 0.25) is 0 Å². The Morgan fingerprint density at radius 2 is 2.04 bits per heavy atom. The maximum atomic E-state index is 12.5. The summed E-state index contributed by atoms with van der Waals surface area (Å²) < 4.78 is 11.3. The minimum absolute atomic E-state index is 0.00583. The van der Waals surface area contributed by atoms with Gasteiger partial charge in [-0.1, -0.05) is 18.2 Å². The lowest BCUT2D eigenvalue weighted by atomic mass is 10.1. The monoisotopic (exact) mass is 357 g/mol. The number of carbonyl (C=O) groups excluding carboxylic acids is 1. The van der Waals surface area contributed by atoms with Crippen LogP contribution in [0.3, 0.4) is 0 Å². The Labute approximate surface area is 154 Å². The summed E-state index contributed by atoms with van der Waals surface area (Å²) in [5.74, 6) is 1.49. The number of amides is 2. The predicted octanol–water partition coefficient (Wildman–Crippen LogP) is 2.60. The van der Waals surface area contributed by atoms with Gasteiger partial charge in [-0.25, -0.2) is 4.79 Å². The second-order valence-corrected chi connectivity index (χ2v) is 7.32. The molecule has 0 bridgehead atoms. The van der Waals surface area contributed by atoms with E-state index in [0.717, 1.165) is 74.7 Å². The highest BCUT2D eigenvalue weighted by atomic mass is 16.5. The van der Waals surface area contributed by atoms with Crippen molar-refractivity contribution >= 4 is 17.0 Å². The van der Waals surface area contributed by atoms with Crippen LogP contribution in [-0.2, 0) is 11.3 Å². The Kier molecular flexibility index (Phi) is 5.13. The van der Waals surface area contributed by atoms with Crippen molar-refractivity contribution in [3.05, 3.63) is 35.6 Å². The summed E-state index contributed by atoms with van der Waals surface area (Å²) in [5, 5.41) is 4.13. The van der Waals surface area contributed by atoms with Crippen LogP contribution in [0.4, 0.5) is 4.79 Å². The van der Waals surface area contributed by atoms with Crippen molar-refractivity contribution in [3.63, 3.8) is 0 Å². The van der Waals surface area contributed by atoms with E-state index in [9.17, 15) is 4.79 Å². The van der Waals surface area contributed by atoms with Crippen molar-refractivity contribution in [2.45, 2.75) is 19.9 Å². The van der Waals surface area contributed by atoms with E-state index in [2.05, 4.69) is 10.2 Å². The van der Waals surface area contributed by atoms with E-state index in [1.807, 2.05) is 36.1 Å². The number of para-hydroxylation sites is 1. The molecule has 2 amide bonds. The van der Waals surface area contributed by atoms with E-state index >= 15 is 0 Å². The molecule has 6 nitrogen and oxygen atoms in total. The molecular formula is C20H27N3O3. The van der Waals surface area contributed by atoms with Gasteiger partial charge in [-0.3, -0.25) is 4.90 Å². The molecule has 6 heteroatoms. The van der Waals surface area contributed by atoms with Crippen molar-refractivity contribution in [1.29, 1.82) is 0 Å². The van der Waals surface area contributed by atoms with E-state index in [4.69, 9.17) is 9.15 Å². The SMILES string of the molecule is Cc1c(CNC(=O)N2CCN(CC3CCOC3)CC2)oc2ccccc12. The molecule has 3 heterocycles. The Morgan fingerprint density at radius 3 is 2.77 bits per heavy atom. The summed E-state index contributed by atoms with van der Waals surface area (Å²) in [6, 6.07) is 7.97. The summed E-state index contributed by atoms with van der Waals surface area (Å²) in [7, 11) is 0. The van der Waals surface area contributed by atoms with Crippen molar-refractivity contribution in [1.82, 2.24) is 15.1 Å². The second-order valence-electron chi connectivity index (χ2n) is 7.32. The summed E-state index contributed by atoms with van der Waals surface area (Å²) in [6.45, 7) is 8.77. The number of carbonyl (C=O) groups is 1. The third kappa shape index (κ3) is 3.71. The zero-order chi connectivity index (χ0) is 17.9. The number of fused-ring (bicyclic) bond motifs is 1. The van der Waals surface area contributed by atoms with Crippen LogP contribution in [0.25, 0.3) is 11.0 Å². The number of hydrogen-bond acceptors (Lipinski definition) is 4. The van der Waals surface area contributed by atoms with Crippen molar-refractivity contribution in [3.8, 4) is 0 Å². The predicted molar refractivity (Wildman–Crippen MR) is 100 cm³/mol. The molecule has 1 atom stereocenters. The van der Waals surface area contributed by atoms with E-state index in [0.29, 0.717) is 12.5 Å². The lowest BCUT2D eigenvalue weighted by Crippen LogP contribution is -2.52. The number of nitrogens with one attached hydrogen (secondary N) is 1. The Bertz CT molecular complexity index is 759.